The van der Waals surface area contributed by atoms with Crippen molar-refractivity contribution in [1.29, 1.82) is 5.26 Å². The predicted molar refractivity (Wildman–Crippen MR) is 57.7 cm³/mol. The zero-order valence-corrected chi connectivity index (χ0v) is 8.54. The van der Waals surface area contributed by atoms with Gasteiger partial charge in [-0.15, -0.1) is 0 Å². The zero-order valence-electron chi connectivity index (χ0n) is 8.54. The molecule has 1 nitrogen and oxygen atoms in total. The van der Waals surface area contributed by atoms with Crippen LogP contribution >= 0.6 is 0 Å². The van der Waals surface area contributed by atoms with Crippen LogP contribution in [0.5, 0.6) is 0 Å². The fourth-order valence-electron chi connectivity index (χ4n) is 1.97. The summed E-state index contributed by atoms with van der Waals surface area (Å²) in [5.74, 6) is 0.546. The van der Waals surface area contributed by atoms with E-state index in [0.29, 0.717) is 5.92 Å². The van der Waals surface area contributed by atoms with Crippen LogP contribution in [0.25, 0.3) is 5.57 Å². The quantitative estimate of drug-likeness (QED) is 0.656. The van der Waals surface area contributed by atoms with E-state index >= 15 is 0 Å². The van der Waals surface area contributed by atoms with Crippen molar-refractivity contribution < 1.29 is 0 Å². The van der Waals surface area contributed by atoms with Gasteiger partial charge in [0, 0.05) is 0 Å². The van der Waals surface area contributed by atoms with Gasteiger partial charge in [0.05, 0.1) is 11.6 Å². The van der Waals surface area contributed by atoms with Crippen molar-refractivity contribution in [2.24, 2.45) is 5.92 Å². The smallest absolute Gasteiger partial charge is 0.0991 e. The third-order valence-electron chi connectivity index (χ3n) is 2.71. The minimum Gasteiger partial charge on any atom is -0.192 e. The van der Waals surface area contributed by atoms with Crippen molar-refractivity contribution in [3.05, 3.63) is 41.0 Å². The largest absolute Gasteiger partial charge is 0.192 e. The van der Waals surface area contributed by atoms with Crippen molar-refractivity contribution in [3.8, 4) is 6.07 Å². The molecule has 0 bridgehead atoms. The van der Waals surface area contributed by atoms with E-state index in [0.717, 1.165) is 12.0 Å². The van der Waals surface area contributed by atoms with E-state index in [1.165, 1.54) is 16.7 Å². The lowest BCUT2D eigenvalue weighted by molar-refractivity contribution is 0.857. The van der Waals surface area contributed by atoms with E-state index in [-0.39, 0.29) is 0 Å². The van der Waals surface area contributed by atoms with Crippen molar-refractivity contribution in [2.45, 2.75) is 20.3 Å². The molecule has 0 heterocycles. The maximum absolute atomic E-state index is 8.82. The third kappa shape index (κ3) is 1.33. The fourth-order valence-corrected chi connectivity index (χ4v) is 1.97. The molecular weight excluding hydrogens is 170 g/mol. The molecule has 0 aromatic heterocycles. The van der Waals surface area contributed by atoms with E-state index < -0.39 is 0 Å². The van der Waals surface area contributed by atoms with E-state index in [9.17, 15) is 0 Å². The summed E-state index contributed by atoms with van der Waals surface area (Å²) in [5.41, 5.74) is 4.78. The highest BCUT2D eigenvalue weighted by Crippen LogP contribution is 2.33. The second-order valence-corrected chi connectivity index (χ2v) is 4.00. The number of hydrogen-bond acceptors (Lipinski definition) is 1. The molecule has 0 fully saturated rings. The molecule has 0 unspecified atom stereocenters. The van der Waals surface area contributed by atoms with Crippen LogP contribution in [0, 0.1) is 17.2 Å². The number of rotatable bonds is 1. The van der Waals surface area contributed by atoms with E-state index in [1.54, 1.807) is 0 Å². The van der Waals surface area contributed by atoms with Gasteiger partial charge in [-0.05, 0) is 41.2 Å². The highest BCUT2D eigenvalue weighted by Gasteiger charge is 2.16. The maximum atomic E-state index is 8.82. The van der Waals surface area contributed by atoms with Gasteiger partial charge in [0.2, 0.25) is 0 Å². The van der Waals surface area contributed by atoms with E-state index in [2.05, 4.69) is 32.1 Å². The second-order valence-electron chi connectivity index (χ2n) is 4.00. The van der Waals surface area contributed by atoms with Crippen LogP contribution in [0.4, 0.5) is 0 Å². The first-order valence-corrected chi connectivity index (χ1v) is 4.96. The Morgan fingerprint density at radius 3 is 2.79 bits per heavy atom. The molecule has 1 heteroatoms. The van der Waals surface area contributed by atoms with Gasteiger partial charge in [-0.1, -0.05) is 26.0 Å². The average Bonchev–Trinajstić information content (AvgIpc) is 2.59. The summed E-state index contributed by atoms with van der Waals surface area (Å²) in [7, 11) is 0. The number of allylic oxidation sites excluding steroid dienone is 2. The number of nitrogens with zero attached hydrogens (tertiary/aromatic N) is 1. The Kier molecular flexibility index (Phi) is 2.13. The number of benzene rings is 1. The molecule has 0 aliphatic heterocycles. The van der Waals surface area contributed by atoms with Crippen LogP contribution < -0.4 is 0 Å². The molecule has 1 aliphatic rings. The molecule has 0 saturated carbocycles. The van der Waals surface area contributed by atoms with Crippen LogP contribution in [-0.2, 0) is 6.42 Å². The summed E-state index contributed by atoms with van der Waals surface area (Å²) in [6.45, 7) is 4.39. The van der Waals surface area contributed by atoms with Gasteiger partial charge in [0.1, 0.15) is 0 Å². The second kappa shape index (κ2) is 3.31. The molecule has 0 N–H and O–H groups in total. The van der Waals surface area contributed by atoms with Crippen LogP contribution in [0.2, 0.25) is 0 Å². The Morgan fingerprint density at radius 2 is 2.14 bits per heavy atom. The van der Waals surface area contributed by atoms with Crippen LogP contribution in [0.1, 0.15) is 30.5 Å². The Morgan fingerprint density at radius 1 is 1.36 bits per heavy atom. The molecule has 1 aromatic carbocycles. The number of hydrogen-bond donors (Lipinski definition) is 0. The molecule has 0 spiro atoms. The first kappa shape index (κ1) is 9.02. The zero-order chi connectivity index (χ0) is 10.1. The summed E-state index contributed by atoms with van der Waals surface area (Å²) in [5, 5.41) is 8.82. The minimum atomic E-state index is 0.546. The summed E-state index contributed by atoms with van der Waals surface area (Å²) in [6.07, 6.45) is 3.30. The molecule has 0 saturated heterocycles. The summed E-state index contributed by atoms with van der Waals surface area (Å²) < 4.78 is 0. The van der Waals surface area contributed by atoms with Gasteiger partial charge < -0.3 is 0 Å². The molecule has 0 radical (unpaired) electrons. The lowest BCUT2D eigenvalue weighted by Gasteiger charge is -2.09. The lowest BCUT2D eigenvalue weighted by Crippen LogP contribution is -1.92. The molecule has 70 valence electrons. The van der Waals surface area contributed by atoms with Gasteiger partial charge >= 0.3 is 0 Å². The standard InChI is InChI=1S/C13H13N/c1-9(2)12-6-5-11-4-3-10(8-14)7-13(11)12/h3-4,6-7,9H,5H2,1-2H3. The Balaban J connectivity index is 2.50. The normalized spacial score (nSPS) is 13.7. The Labute approximate surface area is 84.7 Å². The molecule has 14 heavy (non-hydrogen) atoms. The molecule has 1 aromatic rings. The minimum absolute atomic E-state index is 0.546. The number of fused-ring (bicyclic) bond motifs is 1. The first-order chi connectivity index (χ1) is 6.72. The average molecular weight is 183 g/mol. The van der Waals surface area contributed by atoms with Crippen molar-refractivity contribution in [1.82, 2.24) is 0 Å². The van der Waals surface area contributed by atoms with Crippen molar-refractivity contribution in [2.75, 3.05) is 0 Å². The van der Waals surface area contributed by atoms with Gasteiger partial charge in [-0.2, -0.15) is 5.26 Å². The van der Waals surface area contributed by atoms with Crippen LogP contribution in [-0.4, -0.2) is 0 Å². The predicted octanol–water partition coefficient (Wildman–Crippen LogP) is 3.15. The topological polar surface area (TPSA) is 23.8 Å². The molecule has 0 atom stereocenters. The first-order valence-electron chi connectivity index (χ1n) is 4.96. The molecule has 1 aliphatic carbocycles. The van der Waals surface area contributed by atoms with Crippen LogP contribution in [0.3, 0.4) is 0 Å². The molecular formula is C13H13N. The van der Waals surface area contributed by atoms with Gasteiger partial charge in [0.15, 0.2) is 0 Å². The monoisotopic (exact) mass is 183 g/mol. The Hall–Kier alpha value is -1.55. The van der Waals surface area contributed by atoms with Crippen molar-refractivity contribution in [3.63, 3.8) is 0 Å². The number of nitriles is 1. The molecule has 2 rings (SSSR count). The van der Waals surface area contributed by atoms with E-state index in [4.69, 9.17) is 5.26 Å². The summed E-state index contributed by atoms with van der Waals surface area (Å²) in [4.78, 5) is 0. The molecule has 0 amide bonds. The summed E-state index contributed by atoms with van der Waals surface area (Å²) in [6, 6.07) is 8.16. The van der Waals surface area contributed by atoms with Crippen LogP contribution in [0.15, 0.2) is 24.3 Å². The van der Waals surface area contributed by atoms with E-state index in [1.807, 2.05) is 12.1 Å². The van der Waals surface area contributed by atoms with Gasteiger partial charge in [0.25, 0.3) is 0 Å². The lowest BCUT2D eigenvalue weighted by atomic mass is 9.95. The van der Waals surface area contributed by atoms with Crippen molar-refractivity contribution >= 4 is 5.57 Å². The third-order valence-corrected chi connectivity index (χ3v) is 2.71. The summed E-state index contributed by atoms with van der Waals surface area (Å²) >= 11 is 0. The SMILES string of the molecule is CC(C)C1=CCc2ccc(C#N)cc21. The van der Waals surface area contributed by atoms with Gasteiger partial charge in [-0.3, -0.25) is 0 Å². The van der Waals surface area contributed by atoms with Gasteiger partial charge in [-0.25, -0.2) is 0 Å². The highest BCUT2D eigenvalue weighted by molar-refractivity contribution is 5.75. The maximum Gasteiger partial charge on any atom is 0.0991 e. The Bertz CT molecular complexity index is 433. The fraction of sp³-hybridized carbons (Fsp3) is 0.308. The highest BCUT2D eigenvalue weighted by atomic mass is 14.3.